The lowest BCUT2D eigenvalue weighted by molar-refractivity contribution is -0.140. The third kappa shape index (κ3) is 4.91. The topological polar surface area (TPSA) is 78.4 Å². The number of carbonyl (C=O) groups excluding carboxylic acids is 1. The monoisotopic (exact) mass is 278 g/mol. The molecule has 1 rings (SSSR count). The summed E-state index contributed by atoms with van der Waals surface area (Å²) in [4.78, 5) is 22.6. The lowest BCUT2D eigenvalue weighted by Gasteiger charge is -2.18. The number of carbonyl (C=O) groups is 2. The van der Waals surface area contributed by atoms with Gasteiger partial charge in [0, 0.05) is 6.54 Å². The first-order chi connectivity index (χ1) is 9.41. The van der Waals surface area contributed by atoms with E-state index in [1.807, 2.05) is 31.2 Å². The summed E-state index contributed by atoms with van der Waals surface area (Å²) in [5.74, 6) is -1.18. The van der Waals surface area contributed by atoms with Crippen LogP contribution < -0.4 is 10.6 Å². The summed E-state index contributed by atoms with van der Waals surface area (Å²) < 4.78 is 0. The van der Waals surface area contributed by atoms with Crippen LogP contribution in [-0.4, -0.2) is 29.7 Å². The number of aliphatic carboxylic acids is 1. The number of urea groups is 1. The van der Waals surface area contributed by atoms with Crippen molar-refractivity contribution >= 4 is 12.0 Å². The van der Waals surface area contributed by atoms with E-state index in [0.717, 1.165) is 6.42 Å². The van der Waals surface area contributed by atoms with E-state index in [4.69, 9.17) is 5.11 Å². The minimum Gasteiger partial charge on any atom is -0.480 e. The van der Waals surface area contributed by atoms with E-state index in [-0.39, 0.29) is 5.92 Å². The van der Waals surface area contributed by atoms with E-state index in [1.54, 1.807) is 13.8 Å². The second kappa shape index (κ2) is 7.53. The van der Waals surface area contributed by atoms with Crippen molar-refractivity contribution in [2.75, 3.05) is 6.54 Å². The zero-order valence-corrected chi connectivity index (χ0v) is 12.1. The average molecular weight is 278 g/mol. The zero-order chi connectivity index (χ0) is 15.1. The maximum absolute atomic E-state index is 11.7. The Balaban J connectivity index is 2.40. The van der Waals surface area contributed by atoms with Crippen molar-refractivity contribution in [3.63, 3.8) is 0 Å². The summed E-state index contributed by atoms with van der Waals surface area (Å²) in [6.07, 6.45) is 0.722. The molecule has 110 valence electrons. The highest BCUT2D eigenvalue weighted by Crippen LogP contribution is 2.06. The van der Waals surface area contributed by atoms with Gasteiger partial charge in [0.1, 0.15) is 6.04 Å². The molecule has 1 aromatic carbocycles. The van der Waals surface area contributed by atoms with Gasteiger partial charge < -0.3 is 15.7 Å². The molecule has 0 aliphatic heterocycles. The van der Waals surface area contributed by atoms with E-state index < -0.39 is 18.0 Å². The SMILES string of the molecule is Cc1ccccc1CCNC(=O)N[C@H](C(=O)O)C(C)C. The smallest absolute Gasteiger partial charge is 0.326 e. The van der Waals surface area contributed by atoms with E-state index in [9.17, 15) is 9.59 Å². The first kappa shape index (κ1) is 16.0. The molecule has 0 bridgehead atoms. The van der Waals surface area contributed by atoms with Crippen molar-refractivity contribution < 1.29 is 14.7 Å². The Hall–Kier alpha value is -2.04. The van der Waals surface area contributed by atoms with Crippen LogP contribution in [0, 0.1) is 12.8 Å². The van der Waals surface area contributed by atoms with Gasteiger partial charge in [-0.2, -0.15) is 0 Å². The quantitative estimate of drug-likeness (QED) is 0.744. The number of aryl methyl sites for hydroxylation is 1. The van der Waals surface area contributed by atoms with Crippen LogP contribution in [0.25, 0.3) is 0 Å². The minimum absolute atomic E-state index is 0.158. The van der Waals surface area contributed by atoms with Gasteiger partial charge >= 0.3 is 12.0 Å². The highest BCUT2D eigenvalue weighted by atomic mass is 16.4. The number of benzene rings is 1. The van der Waals surface area contributed by atoms with Crippen molar-refractivity contribution in [1.29, 1.82) is 0 Å². The Morgan fingerprint density at radius 1 is 1.25 bits per heavy atom. The number of hydrogen-bond donors (Lipinski definition) is 3. The van der Waals surface area contributed by atoms with E-state index >= 15 is 0 Å². The number of amides is 2. The molecule has 20 heavy (non-hydrogen) atoms. The summed E-state index contributed by atoms with van der Waals surface area (Å²) >= 11 is 0. The molecular weight excluding hydrogens is 256 g/mol. The molecule has 0 aromatic heterocycles. The van der Waals surface area contributed by atoms with Gasteiger partial charge in [-0.3, -0.25) is 0 Å². The van der Waals surface area contributed by atoms with Crippen LogP contribution in [0.4, 0.5) is 4.79 Å². The summed E-state index contributed by atoms with van der Waals surface area (Å²) in [5.41, 5.74) is 2.35. The first-order valence-corrected chi connectivity index (χ1v) is 6.73. The molecule has 0 saturated carbocycles. The number of nitrogens with one attached hydrogen (secondary N) is 2. The van der Waals surface area contributed by atoms with Gasteiger partial charge in [-0.25, -0.2) is 9.59 Å². The summed E-state index contributed by atoms with van der Waals surface area (Å²) in [7, 11) is 0. The first-order valence-electron chi connectivity index (χ1n) is 6.73. The number of hydrogen-bond acceptors (Lipinski definition) is 2. The molecule has 1 atom stereocenters. The van der Waals surface area contributed by atoms with Crippen LogP contribution in [0.5, 0.6) is 0 Å². The molecule has 0 radical (unpaired) electrons. The second-order valence-electron chi connectivity index (χ2n) is 5.14. The molecule has 3 N–H and O–H groups in total. The highest BCUT2D eigenvalue weighted by Gasteiger charge is 2.22. The zero-order valence-electron chi connectivity index (χ0n) is 12.1. The fourth-order valence-corrected chi connectivity index (χ4v) is 1.91. The lowest BCUT2D eigenvalue weighted by atomic mass is 10.1. The predicted octanol–water partition coefficient (Wildman–Crippen LogP) is 1.95. The molecule has 0 unspecified atom stereocenters. The highest BCUT2D eigenvalue weighted by molar-refractivity contribution is 5.82. The molecule has 0 aliphatic carbocycles. The minimum atomic E-state index is -1.02. The summed E-state index contributed by atoms with van der Waals surface area (Å²) in [5, 5.41) is 14.1. The van der Waals surface area contributed by atoms with Gasteiger partial charge in [0.05, 0.1) is 0 Å². The van der Waals surface area contributed by atoms with Gasteiger partial charge in [0.15, 0.2) is 0 Å². The van der Waals surface area contributed by atoms with E-state index in [1.165, 1.54) is 11.1 Å². The standard InChI is InChI=1S/C15H22N2O3/c1-10(2)13(14(18)19)17-15(20)16-9-8-12-7-5-4-6-11(12)3/h4-7,10,13H,8-9H2,1-3H3,(H,18,19)(H2,16,17,20)/t13-/m0/s1. The third-order valence-corrected chi connectivity index (χ3v) is 3.16. The van der Waals surface area contributed by atoms with Gasteiger partial charge in [0.2, 0.25) is 0 Å². The molecule has 0 aliphatic rings. The molecule has 0 fully saturated rings. The van der Waals surface area contributed by atoms with Crippen molar-refractivity contribution in [2.24, 2.45) is 5.92 Å². The van der Waals surface area contributed by atoms with Crippen LogP contribution in [0.2, 0.25) is 0 Å². The lowest BCUT2D eigenvalue weighted by Crippen LogP contribution is -2.48. The van der Waals surface area contributed by atoms with E-state index in [2.05, 4.69) is 10.6 Å². The summed E-state index contributed by atoms with van der Waals surface area (Å²) in [6.45, 7) is 6.01. The number of carboxylic acid groups (broad SMARTS) is 1. The van der Waals surface area contributed by atoms with Crippen LogP contribution in [0.15, 0.2) is 24.3 Å². The van der Waals surface area contributed by atoms with Crippen molar-refractivity contribution in [3.8, 4) is 0 Å². The van der Waals surface area contributed by atoms with Crippen LogP contribution >= 0.6 is 0 Å². The predicted molar refractivity (Wildman–Crippen MR) is 77.7 cm³/mol. The fourth-order valence-electron chi connectivity index (χ4n) is 1.91. The van der Waals surface area contributed by atoms with E-state index in [0.29, 0.717) is 6.54 Å². The number of rotatable bonds is 6. The molecule has 5 heteroatoms. The molecule has 0 heterocycles. The normalized spacial score (nSPS) is 12.0. The van der Waals surface area contributed by atoms with Gasteiger partial charge in [-0.15, -0.1) is 0 Å². The Labute approximate surface area is 119 Å². The van der Waals surface area contributed by atoms with Gasteiger partial charge in [-0.05, 0) is 30.4 Å². The molecule has 1 aromatic rings. The van der Waals surface area contributed by atoms with Crippen molar-refractivity contribution in [2.45, 2.75) is 33.2 Å². The second-order valence-corrected chi connectivity index (χ2v) is 5.14. The van der Waals surface area contributed by atoms with Crippen LogP contribution in [0.1, 0.15) is 25.0 Å². The maximum Gasteiger partial charge on any atom is 0.326 e. The molecule has 5 nitrogen and oxygen atoms in total. The Morgan fingerprint density at radius 2 is 1.90 bits per heavy atom. The fraction of sp³-hybridized carbons (Fsp3) is 0.467. The Bertz CT molecular complexity index is 472. The third-order valence-electron chi connectivity index (χ3n) is 3.16. The molecular formula is C15H22N2O3. The van der Waals surface area contributed by atoms with Crippen LogP contribution in [0.3, 0.4) is 0 Å². The van der Waals surface area contributed by atoms with Gasteiger partial charge in [0.25, 0.3) is 0 Å². The van der Waals surface area contributed by atoms with Crippen LogP contribution in [-0.2, 0) is 11.2 Å². The largest absolute Gasteiger partial charge is 0.480 e. The Morgan fingerprint density at radius 3 is 2.45 bits per heavy atom. The average Bonchev–Trinajstić information content (AvgIpc) is 2.37. The molecule has 0 spiro atoms. The van der Waals surface area contributed by atoms with Crippen molar-refractivity contribution in [1.82, 2.24) is 10.6 Å². The summed E-state index contributed by atoms with van der Waals surface area (Å²) in [6, 6.07) is 6.66. The van der Waals surface area contributed by atoms with Gasteiger partial charge in [-0.1, -0.05) is 38.1 Å². The molecule has 0 saturated heterocycles. The van der Waals surface area contributed by atoms with Crippen molar-refractivity contribution in [3.05, 3.63) is 35.4 Å². The Kier molecular flexibility index (Phi) is 6.03. The molecule has 2 amide bonds. The maximum atomic E-state index is 11.7. The number of carboxylic acids is 1.